The number of ether oxygens (including phenoxy) is 3. The van der Waals surface area contributed by atoms with Crippen molar-refractivity contribution in [3.05, 3.63) is 66.2 Å². The van der Waals surface area contributed by atoms with Crippen LogP contribution in [0.5, 0.6) is 5.75 Å². The van der Waals surface area contributed by atoms with E-state index >= 15 is 0 Å². The van der Waals surface area contributed by atoms with Crippen LogP contribution in [0.25, 0.3) is 21.9 Å². The third-order valence-electron chi connectivity index (χ3n) is 5.65. The predicted molar refractivity (Wildman–Crippen MR) is 123 cm³/mol. The van der Waals surface area contributed by atoms with E-state index in [2.05, 4.69) is 30.3 Å². The number of hydrogen-bond donors (Lipinski definition) is 0. The molecule has 1 aliphatic rings. The minimum absolute atomic E-state index is 0.0200. The molecule has 1 atom stereocenters. The number of fused-ring (bicyclic) bond motifs is 1. The van der Waals surface area contributed by atoms with Crippen molar-refractivity contribution in [3.63, 3.8) is 0 Å². The summed E-state index contributed by atoms with van der Waals surface area (Å²) in [4.78, 5) is 14.4. The zero-order chi connectivity index (χ0) is 21.6. The monoisotopic (exact) mass is 419 g/mol. The second-order valence-corrected chi connectivity index (χ2v) is 7.66. The van der Waals surface area contributed by atoms with Crippen LogP contribution in [0.4, 0.5) is 0 Å². The van der Waals surface area contributed by atoms with Crippen LogP contribution in [0, 0.1) is 0 Å². The number of rotatable bonds is 7. The summed E-state index contributed by atoms with van der Waals surface area (Å²) in [6.45, 7) is 7.75. The summed E-state index contributed by atoms with van der Waals surface area (Å²) in [5.74, 6) is 0.892. The lowest BCUT2D eigenvalue weighted by Crippen LogP contribution is -2.33. The molecular weight excluding hydrogens is 390 g/mol. The molecule has 1 amide bonds. The molecule has 5 heteroatoms. The smallest absolute Gasteiger partial charge is 0.253 e. The molecule has 0 spiro atoms. The second-order valence-electron chi connectivity index (χ2n) is 7.66. The molecule has 0 N–H and O–H groups in total. The van der Waals surface area contributed by atoms with Crippen LogP contribution in [-0.2, 0) is 9.47 Å². The van der Waals surface area contributed by atoms with Gasteiger partial charge in [-0.05, 0) is 66.1 Å². The maximum atomic E-state index is 12.5. The molecule has 0 aliphatic carbocycles. The first-order chi connectivity index (χ1) is 15.2. The molecule has 1 fully saturated rings. The van der Waals surface area contributed by atoms with E-state index in [1.807, 2.05) is 49.1 Å². The quantitative estimate of drug-likeness (QED) is 0.553. The Bertz CT molecular complexity index is 1020. The Labute approximate surface area is 183 Å². The molecule has 31 heavy (non-hydrogen) atoms. The summed E-state index contributed by atoms with van der Waals surface area (Å²) in [6.07, 6.45) is -0.0200. The van der Waals surface area contributed by atoms with Crippen LogP contribution in [0.3, 0.4) is 0 Å². The maximum Gasteiger partial charge on any atom is 0.253 e. The molecule has 5 nitrogen and oxygen atoms in total. The van der Waals surface area contributed by atoms with Crippen molar-refractivity contribution < 1.29 is 19.0 Å². The highest BCUT2D eigenvalue weighted by atomic mass is 16.6. The minimum atomic E-state index is -0.0200. The molecule has 1 heterocycles. The van der Waals surface area contributed by atoms with Gasteiger partial charge in [-0.1, -0.05) is 30.3 Å². The lowest BCUT2D eigenvalue weighted by atomic mass is 10.00. The second kappa shape index (κ2) is 9.94. The molecule has 1 saturated heterocycles. The Hall–Kier alpha value is -2.89. The summed E-state index contributed by atoms with van der Waals surface area (Å²) in [6, 6.07) is 20.3. The summed E-state index contributed by atoms with van der Waals surface area (Å²) >= 11 is 0. The van der Waals surface area contributed by atoms with E-state index in [4.69, 9.17) is 14.2 Å². The Kier molecular flexibility index (Phi) is 6.85. The fraction of sp³-hybridized carbons (Fsp3) is 0.346. The number of benzene rings is 3. The third kappa shape index (κ3) is 5.06. The Morgan fingerprint density at radius 2 is 1.68 bits per heavy atom. The van der Waals surface area contributed by atoms with E-state index in [0.717, 1.165) is 33.2 Å². The van der Waals surface area contributed by atoms with E-state index < -0.39 is 0 Å². The number of carbonyl (C=O) groups excluding carboxylic acids is 1. The van der Waals surface area contributed by atoms with Crippen molar-refractivity contribution in [2.75, 3.05) is 39.5 Å². The van der Waals surface area contributed by atoms with E-state index in [9.17, 15) is 4.79 Å². The van der Waals surface area contributed by atoms with Gasteiger partial charge in [0, 0.05) is 18.7 Å². The van der Waals surface area contributed by atoms with Crippen LogP contribution in [0.15, 0.2) is 60.7 Å². The normalized spacial score (nSPS) is 16.3. The van der Waals surface area contributed by atoms with Gasteiger partial charge in [-0.15, -0.1) is 0 Å². The van der Waals surface area contributed by atoms with Crippen LogP contribution >= 0.6 is 0 Å². The first-order valence-corrected chi connectivity index (χ1v) is 10.9. The van der Waals surface area contributed by atoms with Gasteiger partial charge in [0.25, 0.3) is 5.91 Å². The van der Waals surface area contributed by atoms with Crippen molar-refractivity contribution in [1.29, 1.82) is 0 Å². The van der Waals surface area contributed by atoms with Crippen molar-refractivity contribution in [2.24, 2.45) is 0 Å². The molecule has 3 aromatic carbocycles. The number of amides is 1. The third-order valence-corrected chi connectivity index (χ3v) is 5.65. The maximum absolute atomic E-state index is 12.5. The zero-order valence-electron chi connectivity index (χ0n) is 18.2. The Morgan fingerprint density at radius 3 is 2.39 bits per heavy atom. The Morgan fingerprint density at radius 1 is 0.935 bits per heavy atom. The first kappa shape index (κ1) is 21.3. The molecule has 1 unspecified atom stereocenters. The van der Waals surface area contributed by atoms with E-state index in [0.29, 0.717) is 39.5 Å². The molecule has 3 aromatic rings. The number of hydrogen-bond acceptors (Lipinski definition) is 4. The van der Waals surface area contributed by atoms with Crippen LogP contribution < -0.4 is 4.74 Å². The van der Waals surface area contributed by atoms with Crippen molar-refractivity contribution in [2.45, 2.75) is 20.0 Å². The van der Waals surface area contributed by atoms with Gasteiger partial charge in [0.05, 0.1) is 19.8 Å². The van der Waals surface area contributed by atoms with Crippen LogP contribution in [0.2, 0.25) is 0 Å². The lowest BCUT2D eigenvalue weighted by Gasteiger charge is -2.23. The molecule has 1 aliphatic heterocycles. The topological polar surface area (TPSA) is 48.0 Å². The largest absolute Gasteiger partial charge is 0.491 e. The van der Waals surface area contributed by atoms with Crippen LogP contribution in [-0.4, -0.2) is 56.4 Å². The zero-order valence-corrected chi connectivity index (χ0v) is 18.2. The minimum Gasteiger partial charge on any atom is -0.491 e. The van der Waals surface area contributed by atoms with Gasteiger partial charge in [0.2, 0.25) is 0 Å². The average Bonchev–Trinajstić information content (AvgIpc) is 2.83. The summed E-state index contributed by atoms with van der Waals surface area (Å²) in [5.41, 5.74) is 2.91. The predicted octanol–water partition coefficient (Wildman–Crippen LogP) is 4.78. The molecule has 0 saturated carbocycles. The van der Waals surface area contributed by atoms with Gasteiger partial charge < -0.3 is 19.1 Å². The number of nitrogens with zero attached hydrogens (tertiary/aromatic N) is 1. The van der Waals surface area contributed by atoms with E-state index in [1.165, 1.54) is 0 Å². The van der Waals surface area contributed by atoms with Gasteiger partial charge in [0.1, 0.15) is 18.5 Å². The molecule has 4 rings (SSSR count). The first-order valence-electron chi connectivity index (χ1n) is 10.9. The molecular formula is C26H29NO4. The van der Waals surface area contributed by atoms with Crippen molar-refractivity contribution in [1.82, 2.24) is 4.90 Å². The SMILES string of the molecule is CCN(CC)C(=O)c1ccc(-c2ccc3ccc(OCC4COCCO4)cc3c2)cc1. The summed E-state index contributed by atoms with van der Waals surface area (Å²) < 4.78 is 17.0. The van der Waals surface area contributed by atoms with Gasteiger partial charge >= 0.3 is 0 Å². The van der Waals surface area contributed by atoms with Crippen molar-refractivity contribution in [3.8, 4) is 16.9 Å². The molecule has 162 valence electrons. The molecule has 0 aromatic heterocycles. The summed E-state index contributed by atoms with van der Waals surface area (Å²) in [5, 5.41) is 2.26. The fourth-order valence-electron chi connectivity index (χ4n) is 3.81. The van der Waals surface area contributed by atoms with Gasteiger partial charge in [-0.3, -0.25) is 4.79 Å². The van der Waals surface area contributed by atoms with Gasteiger partial charge in [0.15, 0.2) is 0 Å². The molecule has 0 radical (unpaired) electrons. The van der Waals surface area contributed by atoms with Gasteiger partial charge in [-0.2, -0.15) is 0 Å². The van der Waals surface area contributed by atoms with Crippen LogP contribution in [0.1, 0.15) is 24.2 Å². The van der Waals surface area contributed by atoms with E-state index in [1.54, 1.807) is 0 Å². The standard InChI is InChI=1S/C26H29NO4/c1-3-27(4-2)26(28)21-8-5-19(6-9-21)22-10-7-20-11-12-24(16-23(20)15-22)31-18-25-17-29-13-14-30-25/h5-12,15-16,25H,3-4,13-14,17-18H2,1-2H3. The highest BCUT2D eigenvalue weighted by Gasteiger charge is 2.15. The lowest BCUT2D eigenvalue weighted by molar-refractivity contribution is -0.101. The highest BCUT2D eigenvalue weighted by Crippen LogP contribution is 2.28. The highest BCUT2D eigenvalue weighted by molar-refractivity contribution is 5.95. The van der Waals surface area contributed by atoms with Crippen molar-refractivity contribution >= 4 is 16.7 Å². The summed E-state index contributed by atoms with van der Waals surface area (Å²) in [7, 11) is 0. The number of carbonyl (C=O) groups is 1. The van der Waals surface area contributed by atoms with Gasteiger partial charge in [-0.25, -0.2) is 0 Å². The average molecular weight is 420 g/mol. The Balaban J connectivity index is 1.50. The molecule has 0 bridgehead atoms. The fourth-order valence-corrected chi connectivity index (χ4v) is 3.81. The van der Waals surface area contributed by atoms with E-state index in [-0.39, 0.29) is 12.0 Å².